The predicted molar refractivity (Wildman–Crippen MR) is 103 cm³/mol. The maximum absolute atomic E-state index is 4.67. The van der Waals surface area contributed by atoms with Crippen molar-refractivity contribution in [2.45, 2.75) is 18.9 Å². The van der Waals surface area contributed by atoms with E-state index in [1.807, 2.05) is 31.1 Å². The molecule has 0 aliphatic carbocycles. The van der Waals surface area contributed by atoms with Crippen LogP contribution in [-0.2, 0) is 0 Å². The third kappa shape index (κ3) is 2.83. The second-order valence-electron chi connectivity index (χ2n) is 7.50. The minimum Gasteiger partial charge on any atom is -0.363 e. The number of rotatable bonds is 3. The molecule has 0 amide bonds. The molecule has 2 atom stereocenters. The minimum absolute atomic E-state index is 0.446. The van der Waals surface area contributed by atoms with Gasteiger partial charge >= 0.3 is 0 Å². The Bertz CT molecular complexity index is 953. The van der Waals surface area contributed by atoms with E-state index >= 15 is 0 Å². The van der Waals surface area contributed by atoms with E-state index in [-0.39, 0.29) is 0 Å². The molecule has 0 N–H and O–H groups in total. The SMILES string of the molecule is CN(C)c1cc(N2CCC3CCN(c4ccc5nncn5n4)CC32)ncn1. The first kappa shape index (κ1) is 16.2. The zero-order chi connectivity index (χ0) is 18.4. The van der Waals surface area contributed by atoms with Crippen LogP contribution in [0.5, 0.6) is 0 Å². The van der Waals surface area contributed by atoms with Crippen LogP contribution < -0.4 is 14.7 Å². The highest BCUT2D eigenvalue weighted by molar-refractivity contribution is 5.52. The Morgan fingerprint density at radius 2 is 1.96 bits per heavy atom. The van der Waals surface area contributed by atoms with Gasteiger partial charge in [-0.05, 0) is 30.9 Å². The molecule has 0 saturated carbocycles. The molecule has 3 aromatic rings. The van der Waals surface area contributed by atoms with Crippen LogP contribution >= 0.6 is 0 Å². The Kier molecular flexibility index (Phi) is 3.80. The van der Waals surface area contributed by atoms with Gasteiger partial charge in [0.1, 0.15) is 30.1 Å². The van der Waals surface area contributed by atoms with Gasteiger partial charge in [0.25, 0.3) is 0 Å². The Balaban J connectivity index is 1.41. The summed E-state index contributed by atoms with van der Waals surface area (Å²) in [5.74, 6) is 3.64. The molecule has 2 aliphatic rings. The molecule has 3 aromatic heterocycles. The second kappa shape index (κ2) is 6.33. The molecule has 2 saturated heterocycles. The highest BCUT2D eigenvalue weighted by Crippen LogP contribution is 2.35. The van der Waals surface area contributed by atoms with Gasteiger partial charge in [0.15, 0.2) is 5.65 Å². The summed E-state index contributed by atoms with van der Waals surface area (Å²) in [6.45, 7) is 3.03. The number of anilines is 3. The molecule has 0 radical (unpaired) electrons. The lowest BCUT2D eigenvalue weighted by Gasteiger charge is -2.39. The van der Waals surface area contributed by atoms with Crippen molar-refractivity contribution in [3.8, 4) is 0 Å². The van der Waals surface area contributed by atoms with E-state index in [1.54, 1.807) is 17.2 Å². The Labute approximate surface area is 157 Å². The summed E-state index contributed by atoms with van der Waals surface area (Å²) < 4.78 is 1.74. The summed E-state index contributed by atoms with van der Waals surface area (Å²) >= 11 is 0. The van der Waals surface area contributed by atoms with Crippen LogP contribution in [0, 0.1) is 5.92 Å². The predicted octanol–water partition coefficient (Wildman–Crippen LogP) is 1.09. The first-order valence-electron chi connectivity index (χ1n) is 9.37. The van der Waals surface area contributed by atoms with Crippen molar-refractivity contribution in [1.82, 2.24) is 29.8 Å². The molecule has 0 spiro atoms. The van der Waals surface area contributed by atoms with Gasteiger partial charge in [-0.3, -0.25) is 0 Å². The van der Waals surface area contributed by atoms with Crippen LogP contribution in [0.25, 0.3) is 5.65 Å². The Morgan fingerprint density at radius 1 is 1.07 bits per heavy atom. The standard InChI is InChI=1S/C18H23N9/c1-24(2)17-9-18(20-11-19-17)26-8-6-13-5-7-25(10-14(13)26)16-4-3-15-22-21-12-27(15)23-16/h3-4,9,11-14H,5-8,10H2,1-2H3. The summed E-state index contributed by atoms with van der Waals surface area (Å²) in [4.78, 5) is 15.7. The smallest absolute Gasteiger partial charge is 0.177 e. The van der Waals surface area contributed by atoms with Crippen LogP contribution in [0.1, 0.15) is 12.8 Å². The van der Waals surface area contributed by atoms with Crippen molar-refractivity contribution >= 4 is 23.1 Å². The Morgan fingerprint density at radius 3 is 2.85 bits per heavy atom. The van der Waals surface area contributed by atoms with Gasteiger partial charge in [-0.25, -0.2) is 9.97 Å². The highest BCUT2D eigenvalue weighted by Gasteiger charge is 2.39. The lowest BCUT2D eigenvalue weighted by molar-refractivity contribution is 0.388. The molecule has 5 heterocycles. The van der Waals surface area contributed by atoms with Crippen LogP contribution in [0.2, 0.25) is 0 Å². The molecule has 2 unspecified atom stereocenters. The van der Waals surface area contributed by atoms with E-state index in [9.17, 15) is 0 Å². The van der Waals surface area contributed by atoms with Gasteiger partial charge in [-0.15, -0.1) is 15.3 Å². The largest absolute Gasteiger partial charge is 0.363 e. The number of aromatic nitrogens is 6. The maximum atomic E-state index is 4.67. The molecule has 140 valence electrons. The van der Waals surface area contributed by atoms with Crippen molar-refractivity contribution in [1.29, 1.82) is 0 Å². The molecule has 5 rings (SSSR count). The van der Waals surface area contributed by atoms with Gasteiger partial charge < -0.3 is 14.7 Å². The molecule has 2 aliphatic heterocycles. The molecule has 9 nitrogen and oxygen atoms in total. The molecule has 9 heteroatoms. The summed E-state index contributed by atoms with van der Waals surface area (Å²) in [5, 5.41) is 12.6. The Hall–Kier alpha value is -2.97. The van der Waals surface area contributed by atoms with Crippen LogP contribution in [0.15, 0.2) is 30.9 Å². The van der Waals surface area contributed by atoms with Crippen LogP contribution in [-0.4, -0.2) is 69.6 Å². The molecular weight excluding hydrogens is 342 g/mol. The summed E-state index contributed by atoms with van der Waals surface area (Å²) in [6.07, 6.45) is 5.71. The monoisotopic (exact) mass is 365 g/mol. The van der Waals surface area contributed by atoms with Crippen molar-refractivity contribution < 1.29 is 0 Å². The van der Waals surface area contributed by atoms with Crippen LogP contribution in [0.4, 0.5) is 17.5 Å². The molecule has 2 fully saturated rings. The average molecular weight is 365 g/mol. The lowest BCUT2D eigenvalue weighted by atomic mass is 9.92. The van der Waals surface area contributed by atoms with Crippen LogP contribution in [0.3, 0.4) is 0 Å². The van der Waals surface area contributed by atoms with E-state index in [1.165, 1.54) is 12.8 Å². The van der Waals surface area contributed by atoms with E-state index < -0.39 is 0 Å². The number of hydrogen-bond acceptors (Lipinski definition) is 8. The molecule has 27 heavy (non-hydrogen) atoms. The second-order valence-corrected chi connectivity index (χ2v) is 7.50. The van der Waals surface area contributed by atoms with E-state index in [4.69, 9.17) is 0 Å². The van der Waals surface area contributed by atoms with E-state index in [0.717, 1.165) is 42.7 Å². The highest BCUT2D eigenvalue weighted by atomic mass is 15.4. The van der Waals surface area contributed by atoms with Gasteiger partial charge in [0.2, 0.25) is 0 Å². The quantitative estimate of drug-likeness (QED) is 0.682. The van der Waals surface area contributed by atoms with Crippen molar-refractivity contribution in [2.75, 3.05) is 48.4 Å². The third-order valence-electron chi connectivity index (χ3n) is 5.72. The summed E-state index contributed by atoms with van der Waals surface area (Å²) in [5.41, 5.74) is 0.772. The minimum atomic E-state index is 0.446. The van der Waals surface area contributed by atoms with Gasteiger partial charge in [0.05, 0.1) is 6.04 Å². The van der Waals surface area contributed by atoms with Crippen molar-refractivity contribution in [2.24, 2.45) is 5.92 Å². The van der Waals surface area contributed by atoms with Gasteiger partial charge in [-0.2, -0.15) is 4.52 Å². The number of piperidine rings is 1. The van der Waals surface area contributed by atoms with E-state index in [0.29, 0.717) is 12.0 Å². The number of hydrogen-bond donors (Lipinski definition) is 0. The fourth-order valence-corrected chi connectivity index (χ4v) is 4.26. The lowest BCUT2D eigenvalue weighted by Crippen LogP contribution is -2.49. The van der Waals surface area contributed by atoms with Gasteiger partial charge in [0, 0.05) is 39.8 Å². The molecular formula is C18H23N9. The maximum Gasteiger partial charge on any atom is 0.177 e. The number of fused-ring (bicyclic) bond motifs is 2. The molecule has 0 aromatic carbocycles. The van der Waals surface area contributed by atoms with Crippen molar-refractivity contribution in [3.63, 3.8) is 0 Å². The fraction of sp³-hybridized carbons (Fsp3) is 0.500. The average Bonchev–Trinajstić information content (AvgIpc) is 3.33. The fourth-order valence-electron chi connectivity index (χ4n) is 4.26. The first-order valence-corrected chi connectivity index (χ1v) is 9.37. The number of nitrogens with zero attached hydrogens (tertiary/aromatic N) is 9. The first-order chi connectivity index (χ1) is 13.2. The van der Waals surface area contributed by atoms with Crippen molar-refractivity contribution in [3.05, 3.63) is 30.9 Å². The third-order valence-corrected chi connectivity index (χ3v) is 5.72. The molecule has 0 bridgehead atoms. The normalized spacial score (nSPS) is 22.3. The zero-order valence-corrected chi connectivity index (χ0v) is 15.6. The summed E-state index contributed by atoms with van der Waals surface area (Å²) in [7, 11) is 4.02. The van der Waals surface area contributed by atoms with Gasteiger partial charge in [-0.1, -0.05) is 0 Å². The zero-order valence-electron chi connectivity index (χ0n) is 15.6. The van der Waals surface area contributed by atoms with E-state index in [2.05, 4.69) is 41.1 Å². The summed E-state index contributed by atoms with van der Waals surface area (Å²) in [6, 6.07) is 6.55. The topological polar surface area (TPSA) is 78.6 Å².